The van der Waals surface area contributed by atoms with E-state index in [1.54, 1.807) is 16.9 Å². The average Bonchev–Trinajstić information content (AvgIpc) is 3.04. The second kappa shape index (κ2) is 4.81. The maximum absolute atomic E-state index is 6.27. The molecule has 6 heteroatoms. The van der Waals surface area contributed by atoms with E-state index >= 15 is 0 Å². The predicted molar refractivity (Wildman–Crippen MR) is 71.5 cm³/mol. The molecule has 0 aliphatic carbocycles. The number of nitrogens with two attached hydrogens (primary N) is 1. The Morgan fingerprint density at radius 1 is 1.26 bits per heavy atom. The molecule has 3 aromatic heterocycles. The average molecular weight is 256 g/mol. The second-order valence-electron chi connectivity index (χ2n) is 4.52. The maximum Gasteiger partial charge on any atom is 0.0892 e. The van der Waals surface area contributed by atoms with E-state index in [-0.39, 0.29) is 6.04 Å². The Bertz CT molecular complexity index is 683. The number of aryl methyl sites for hydroxylation is 1. The van der Waals surface area contributed by atoms with E-state index in [1.807, 2.05) is 29.5 Å². The minimum Gasteiger partial charge on any atom is -0.324 e. The summed E-state index contributed by atoms with van der Waals surface area (Å²) in [6.45, 7) is 2.93. The first kappa shape index (κ1) is 11.9. The quantitative estimate of drug-likeness (QED) is 0.761. The zero-order valence-electron chi connectivity index (χ0n) is 10.8. The van der Waals surface area contributed by atoms with Crippen molar-refractivity contribution in [3.63, 3.8) is 0 Å². The summed E-state index contributed by atoms with van der Waals surface area (Å²) in [5.41, 5.74) is 9.37. The summed E-state index contributed by atoms with van der Waals surface area (Å²) >= 11 is 0. The van der Waals surface area contributed by atoms with E-state index in [1.165, 1.54) is 0 Å². The third-order valence-corrected chi connectivity index (χ3v) is 3.22. The first-order valence-electron chi connectivity index (χ1n) is 6.32. The van der Waals surface area contributed by atoms with E-state index < -0.39 is 0 Å². The van der Waals surface area contributed by atoms with Gasteiger partial charge in [0.05, 0.1) is 24.1 Å². The number of fused-ring (bicyclic) bond motifs is 1. The van der Waals surface area contributed by atoms with Crippen molar-refractivity contribution in [2.24, 2.45) is 5.73 Å². The Balaban J connectivity index is 1.85. The Morgan fingerprint density at radius 3 is 2.95 bits per heavy atom. The summed E-state index contributed by atoms with van der Waals surface area (Å²) in [5.74, 6) is 0. The third kappa shape index (κ3) is 2.22. The number of rotatable bonds is 4. The third-order valence-electron chi connectivity index (χ3n) is 3.22. The Morgan fingerprint density at radius 2 is 2.16 bits per heavy atom. The van der Waals surface area contributed by atoms with Crippen LogP contribution in [-0.2, 0) is 13.0 Å². The molecule has 0 bridgehead atoms. The number of aromatic nitrogens is 5. The lowest BCUT2D eigenvalue weighted by Crippen LogP contribution is -2.12. The standard InChI is InChI=1S/C13H16N6/c1-2-18-9-10(6-16-18)5-12(14)11-7-17-19-4-3-15-8-13(11)19/h3-4,6-9,12H,2,5,14H2,1H3. The Labute approximate surface area is 110 Å². The summed E-state index contributed by atoms with van der Waals surface area (Å²) in [6.07, 6.45) is 11.8. The monoisotopic (exact) mass is 256 g/mol. The molecule has 3 aromatic rings. The molecule has 0 aromatic carbocycles. The van der Waals surface area contributed by atoms with Crippen LogP contribution in [0.4, 0.5) is 0 Å². The lowest BCUT2D eigenvalue weighted by atomic mass is 10.0. The van der Waals surface area contributed by atoms with Gasteiger partial charge in [-0.1, -0.05) is 0 Å². The lowest BCUT2D eigenvalue weighted by Gasteiger charge is -2.08. The summed E-state index contributed by atoms with van der Waals surface area (Å²) in [5, 5.41) is 8.54. The van der Waals surface area contributed by atoms with Crippen LogP contribution in [0.25, 0.3) is 5.52 Å². The van der Waals surface area contributed by atoms with Gasteiger partial charge in [0.15, 0.2) is 0 Å². The van der Waals surface area contributed by atoms with Crippen LogP contribution in [0.3, 0.4) is 0 Å². The molecule has 0 spiro atoms. The molecular formula is C13H16N6. The van der Waals surface area contributed by atoms with Crippen molar-refractivity contribution in [3.05, 3.63) is 48.3 Å². The normalized spacial score (nSPS) is 12.9. The minimum absolute atomic E-state index is 0.101. The van der Waals surface area contributed by atoms with Gasteiger partial charge in [0.1, 0.15) is 0 Å². The van der Waals surface area contributed by atoms with Gasteiger partial charge >= 0.3 is 0 Å². The molecule has 6 nitrogen and oxygen atoms in total. The van der Waals surface area contributed by atoms with E-state index in [2.05, 4.69) is 22.1 Å². The first-order valence-corrected chi connectivity index (χ1v) is 6.32. The van der Waals surface area contributed by atoms with Gasteiger partial charge in [-0.05, 0) is 18.9 Å². The van der Waals surface area contributed by atoms with Crippen molar-refractivity contribution >= 4 is 5.52 Å². The van der Waals surface area contributed by atoms with E-state index in [0.29, 0.717) is 0 Å². The zero-order valence-corrected chi connectivity index (χ0v) is 10.8. The second-order valence-corrected chi connectivity index (χ2v) is 4.52. The molecule has 0 fully saturated rings. The van der Waals surface area contributed by atoms with Gasteiger partial charge in [-0.15, -0.1) is 0 Å². The van der Waals surface area contributed by atoms with Gasteiger partial charge < -0.3 is 5.73 Å². The highest BCUT2D eigenvalue weighted by Crippen LogP contribution is 2.19. The van der Waals surface area contributed by atoms with Crippen molar-refractivity contribution in [1.82, 2.24) is 24.4 Å². The molecule has 3 heterocycles. The van der Waals surface area contributed by atoms with Crippen molar-refractivity contribution in [1.29, 1.82) is 0 Å². The molecule has 0 aliphatic rings. The van der Waals surface area contributed by atoms with Crippen LogP contribution in [0.1, 0.15) is 24.1 Å². The number of nitrogens with zero attached hydrogens (tertiary/aromatic N) is 5. The van der Waals surface area contributed by atoms with Gasteiger partial charge in [0.2, 0.25) is 0 Å². The van der Waals surface area contributed by atoms with E-state index in [4.69, 9.17) is 5.73 Å². The molecule has 19 heavy (non-hydrogen) atoms. The maximum atomic E-state index is 6.27. The molecule has 1 unspecified atom stereocenters. The number of hydrogen-bond acceptors (Lipinski definition) is 4. The molecule has 98 valence electrons. The van der Waals surface area contributed by atoms with Gasteiger partial charge in [-0.2, -0.15) is 10.2 Å². The van der Waals surface area contributed by atoms with Crippen LogP contribution in [-0.4, -0.2) is 24.4 Å². The molecule has 0 aliphatic heterocycles. The summed E-state index contributed by atoms with van der Waals surface area (Å²) in [7, 11) is 0. The highest BCUT2D eigenvalue weighted by Gasteiger charge is 2.13. The van der Waals surface area contributed by atoms with Crippen LogP contribution < -0.4 is 5.73 Å². The largest absolute Gasteiger partial charge is 0.324 e. The Hall–Kier alpha value is -2.21. The van der Waals surface area contributed by atoms with Crippen LogP contribution in [0.15, 0.2) is 37.2 Å². The van der Waals surface area contributed by atoms with Crippen molar-refractivity contribution in [3.8, 4) is 0 Å². The van der Waals surface area contributed by atoms with Crippen molar-refractivity contribution < 1.29 is 0 Å². The predicted octanol–water partition coefficient (Wildman–Crippen LogP) is 1.19. The molecule has 0 radical (unpaired) electrons. The molecule has 3 rings (SSSR count). The fraction of sp³-hybridized carbons (Fsp3) is 0.308. The molecule has 0 saturated carbocycles. The van der Waals surface area contributed by atoms with Gasteiger partial charge in [-0.25, -0.2) is 4.52 Å². The van der Waals surface area contributed by atoms with E-state index in [0.717, 1.165) is 29.6 Å². The topological polar surface area (TPSA) is 74.0 Å². The van der Waals surface area contributed by atoms with Crippen LogP contribution >= 0.6 is 0 Å². The summed E-state index contributed by atoms with van der Waals surface area (Å²) in [4.78, 5) is 4.12. The SMILES string of the molecule is CCn1cc(CC(N)c2cnn3ccncc23)cn1. The minimum atomic E-state index is -0.101. The van der Waals surface area contributed by atoms with Gasteiger partial charge in [-0.3, -0.25) is 9.67 Å². The number of hydrogen-bond donors (Lipinski definition) is 1. The lowest BCUT2D eigenvalue weighted by molar-refractivity contribution is 0.657. The van der Waals surface area contributed by atoms with Crippen LogP contribution in [0, 0.1) is 0 Å². The highest BCUT2D eigenvalue weighted by atomic mass is 15.3. The Kier molecular flexibility index (Phi) is 3.00. The fourth-order valence-corrected chi connectivity index (χ4v) is 2.19. The first-order chi connectivity index (χ1) is 9.28. The fourth-order valence-electron chi connectivity index (χ4n) is 2.19. The van der Waals surface area contributed by atoms with E-state index in [9.17, 15) is 0 Å². The molecule has 0 amide bonds. The molecule has 1 atom stereocenters. The van der Waals surface area contributed by atoms with Crippen molar-refractivity contribution in [2.45, 2.75) is 25.9 Å². The van der Waals surface area contributed by atoms with Crippen LogP contribution in [0.5, 0.6) is 0 Å². The summed E-state index contributed by atoms with van der Waals surface area (Å²) < 4.78 is 3.69. The van der Waals surface area contributed by atoms with Gasteiger partial charge in [0.25, 0.3) is 0 Å². The van der Waals surface area contributed by atoms with Crippen molar-refractivity contribution in [2.75, 3.05) is 0 Å². The summed E-state index contributed by atoms with van der Waals surface area (Å²) in [6, 6.07) is -0.101. The zero-order chi connectivity index (χ0) is 13.2. The highest BCUT2D eigenvalue weighted by molar-refractivity contribution is 5.53. The van der Waals surface area contributed by atoms with Gasteiger partial charge in [0, 0.05) is 36.7 Å². The molecular weight excluding hydrogens is 240 g/mol. The van der Waals surface area contributed by atoms with Crippen LogP contribution in [0.2, 0.25) is 0 Å². The molecule has 2 N–H and O–H groups in total. The molecule has 0 saturated heterocycles. The smallest absolute Gasteiger partial charge is 0.0892 e.